The van der Waals surface area contributed by atoms with E-state index in [0.29, 0.717) is 6.42 Å². The van der Waals surface area contributed by atoms with Crippen LogP contribution in [0.3, 0.4) is 0 Å². The van der Waals surface area contributed by atoms with Crippen molar-refractivity contribution in [1.29, 1.82) is 0 Å². The predicted octanol–water partition coefficient (Wildman–Crippen LogP) is 0.589. The third kappa shape index (κ3) is 2.04. The van der Waals surface area contributed by atoms with Crippen molar-refractivity contribution in [2.75, 3.05) is 0 Å². The Balaban J connectivity index is 2.84. The van der Waals surface area contributed by atoms with E-state index in [1.807, 2.05) is 20.8 Å². The van der Waals surface area contributed by atoms with E-state index in [-0.39, 0.29) is 17.7 Å². The summed E-state index contributed by atoms with van der Waals surface area (Å²) in [6, 6.07) is -0.0643. The summed E-state index contributed by atoms with van der Waals surface area (Å²) in [5, 5.41) is 12.5. The number of hydrogen-bond acceptors (Lipinski definition) is 4. The molecule has 0 aromatic rings. The molecule has 1 rings (SSSR count). The van der Waals surface area contributed by atoms with Crippen LogP contribution < -0.4 is 5.73 Å². The van der Waals surface area contributed by atoms with Crippen LogP contribution in [0.1, 0.15) is 27.2 Å². The van der Waals surface area contributed by atoms with Crippen molar-refractivity contribution in [2.45, 2.75) is 38.8 Å². The minimum absolute atomic E-state index is 0.0643. The maximum atomic E-state index is 10.8. The Morgan fingerprint density at radius 3 is 2.79 bits per heavy atom. The number of carbonyl (C=O) groups is 1. The van der Waals surface area contributed by atoms with Gasteiger partial charge < -0.3 is 15.7 Å². The molecule has 14 heavy (non-hydrogen) atoms. The second-order valence-corrected chi connectivity index (χ2v) is 4.24. The Bertz CT molecular complexity index is 271. The number of aliphatic carboxylic acids is 1. The molecule has 1 unspecified atom stereocenters. The molecule has 0 bridgehead atoms. The van der Waals surface area contributed by atoms with E-state index >= 15 is 0 Å². The average Bonchev–Trinajstić information content (AvgIpc) is 2.26. The van der Waals surface area contributed by atoms with Gasteiger partial charge in [-0.3, -0.25) is 0 Å². The molecule has 5 nitrogen and oxygen atoms in total. The summed E-state index contributed by atoms with van der Waals surface area (Å²) in [4.78, 5) is 15.9. The van der Waals surface area contributed by atoms with Crippen LogP contribution in [0.25, 0.3) is 0 Å². The number of rotatable bonds is 3. The molecule has 1 aliphatic heterocycles. The predicted molar refractivity (Wildman–Crippen MR) is 52.0 cm³/mol. The highest BCUT2D eigenvalue weighted by molar-refractivity contribution is 6.36. The van der Waals surface area contributed by atoms with Crippen LogP contribution in [0.15, 0.2) is 5.16 Å². The monoisotopic (exact) mass is 200 g/mol. The highest BCUT2D eigenvalue weighted by atomic mass is 16.7. The van der Waals surface area contributed by atoms with Gasteiger partial charge in [0.05, 0.1) is 5.92 Å². The molecule has 2 atom stereocenters. The van der Waals surface area contributed by atoms with Crippen molar-refractivity contribution in [3.8, 4) is 0 Å². The fourth-order valence-electron chi connectivity index (χ4n) is 1.58. The van der Waals surface area contributed by atoms with Crippen molar-refractivity contribution < 1.29 is 14.7 Å². The van der Waals surface area contributed by atoms with Crippen molar-refractivity contribution >= 4 is 11.7 Å². The lowest BCUT2D eigenvalue weighted by molar-refractivity contribution is -0.129. The molecule has 0 radical (unpaired) electrons. The first-order chi connectivity index (χ1) is 6.34. The summed E-state index contributed by atoms with van der Waals surface area (Å²) in [5.41, 5.74) is 5.16. The summed E-state index contributed by atoms with van der Waals surface area (Å²) in [7, 11) is 0. The molecule has 0 saturated carbocycles. The molecule has 5 heteroatoms. The highest BCUT2D eigenvalue weighted by Crippen LogP contribution is 2.32. The normalized spacial score (nSPS) is 26.6. The van der Waals surface area contributed by atoms with E-state index in [0.717, 1.165) is 0 Å². The Kier molecular flexibility index (Phi) is 2.80. The lowest BCUT2D eigenvalue weighted by Gasteiger charge is -2.25. The van der Waals surface area contributed by atoms with Crippen LogP contribution >= 0.6 is 0 Å². The van der Waals surface area contributed by atoms with Gasteiger partial charge in [0.1, 0.15) is 5.60 Å². The van der Waals surface area contributed by atoms with E-state index in [9.17, 15) is 4.79 Å². The standard InChI is InChI=1S/C9H16N2O3/c1-5(10)4-6-7(8(12)13)11-14-9(6,2)3/h5-6H,4,10H2,1-3H3,(H,12,13)/t5?,6-/m1/s1. The molecule has 0 saturated heterocycles. The van der Waals surface area contributed by atoms with Crippen molar-refractivity contribution in [1.82, 2.24) is 0 Å². The molecule has 0 aromatic carbocycles. The first-order valence-electron chi connectivity index (χ1n) is 4.59. The number of oxime groups is 1. The molecule has 0 aromatic heterocycles. The highest BCUT2D eigenvalue weighted by Gasteiger charge is 2.44. The lowest BCUT2D eigenvalue weighted by atomic mass is 9.83. The molecule has 3 N–H and O–H groups in total. The second-order valence-electron chi connectivity index (χ2n) is 4.24. The zero-order valence-electron chi connectivity index (χ0n) is 8.65. The molecule has 80 valence electrons. The van der Waals surface area contributed by atoms with Gasteiger partial charge in [0.2, 0.25) is 0 Å². The zero-order chi connectivity index (χ0) is 10.9. The fourth-order valence-corrected chi connectivity index (χ4v) is 1.58. The Morgan fingerprint density at radius 1 is 1.79 bits per heavy atom. The summed E-state index contributed by atoms with van der Waals surface area (Å²) in [5.74, 6) is -1.26. The molecular formula is C9H16N2O3. The molecule has 1 aliphatic rings. The fraction of sp³-hybridized carbons (Fsp3) is 0.778. The van der Waals surface area contributed by atoms with E-state index < -0.39 is 11.6 Å². The van der Waals surface area contributed by atoms with Gasteiger partial charge in [0, 0.05) is 6.04 Å². The minimum Gasteiger partial charge on any atom is -0.477 e. The van der Waals surface area contributed by atoms with Crippen LogP contribution in [0.4, 0.5) is 0 Å². The summed E-state index contributed by atoms with van der Waals surface area (Å²) < 4.78 is 0. The van der Waals surface area contributed by atoms with Gasteiger partial charge in [-0.1, -0.05) is 5.16 Å². The third-order valence-electron chi connectivity index (χ3n) is 2.38. The average molecular weight is 200 g/mol. The first-order valence-corrected chi connectivity index (χ1v) is 4.59. The van der Waals surface area contributed by atoms with Crippen LogP contribution in [0.2, 0.25) is 0 Å². The molecule has 1 heterocycles. The van der Waals surface area contributed by atoms with Crippen molar-refractivity contribution in [2.24, 2.45) is 16.8 Å². The number of nitrogens with zero attached hydrogens (tertiary/aromatic N) is 1. The van der Waals surface area contributed by atoms with E-state index in [1.54, 1.807) is 0 Å². The van der Waals surface area contributed by atoms with E-state index in [1.165, 1.54) is 0 Å². The largest absolute Gasteiger partial charge is 0.477 e. The van der Waals surface area contributed by atoms with Gasteiger partial charge >= 0.3 is 5.97 Å². The molecule has 0 amide bonds. The number of carboxylic acids is 1. The van der Waals surface area contributed by atoms with Crippen LogP contribution in [0.5, 0.6) is 0 Å². The molecule has 0 fully saturated rings. The minimum atomic E-state index is -1.03. The van der Waals surface area contributed by atoms with Gasteiger partial charge in [-0.25, -0.2) is 4.79 Å². The number of hydrogen-bond donors (Lipinski definition) is 2. The second kappa shape index (κ2) is 3.57. The number of nitrogens with two attached hydrogens (primary N) is 1. The van der Waals surface area contributed by atoms with Crippen molar-refractivity contribution in [3.63, 3.8) is 0 Å². The van der Waals surface area contributed by atoms with E-state index in [2.05, 4.69) is 5.16 Å². The number of carboxylic acid groups (broad SMARTS) is 1. The first kappa shape index (κ1) is 11.0. The summed E-state index contributed by atoms with van der Waals surface area (Å²) in [6.07, 6.45) is 0.568. The lowest BCUT2D eigenvalue weighted by Crippen LogP contribution is -2.39. The maximum absolute atomic E-state index is 10.8. The van der Waals surface area contributed by atoms with Crippen LogP contribution in [-0.4, -0.2) is 28.4 Å². The van der Waals surface area contributed by atoms with Gasteiger partial charge in [-0.2, -0.15) is 0 Å². The Hall–Kier alpha value is -1.10. The van der Waals surface area contributed by atoms with Crippen LogP contribution in [-0.2, 0) is 9.63 Å². The quantitative estimate of drug-likeness (QED) is 0.698. The molecular weight excluding hydrogens is 184 g/mol. The summed E-state index contributed by atoms with van der Waals surface area (Å²) >= 11 is 0. The Labute approximate surface area is 82.9 Å². The maximum Gasteiger partial charge on any atom is 0.354 e. The third-order valence-corrected chi connectivity index (χ3v) is 2.38. The summed E-state index contributed by atoms with van der Waals surface area (Å²) in [6.45, 7) is 5.48. The SMILES string of the molecule is CC(N)C[C@@H]1C(C(=O)O)=NOC1(C)C. The van der Waals surface area contributed by atoms with Gasteiger partial charge in [0.15, 0.2) is 5.71 Å². The van der Waals surface area contributed by atoms with Crippen molar-refractivity contribution in [3.05, 3.63) is 0 Å². The molecule has 0 spiro atoms. The molecule has 0 aliphatic carbocycles. The van der Waals surface area contributed by atoms with E-state index in [4.69, 9.17) is 15.7 Å². The van der Waals surface area contributed by atoms with Gasteiger partial charge in [-0.05, 0) is 27.2 Å². The smallest absolute Gasteiger partial charge is 0.354 e. The zero-order valence-corrected chi connectivity index (χ0v) is 8.65. The Morgan fingerprint density at radius 2 is 2.36 bits per heavy atom. The topological polar surface area (TPSA) is 84.9 Å². The van der Waals surface area contributed by atoms with Gasteiger partial charge in [-0.15, -0.1) is 0 Å². The van der Waals surface area contributed by atoms with Gasteiger partial charge in [0.25, 0.3) is 0 Å². The van der Waals surface area contributed by atoms with Crippen LogP contribution in [0, 0.1) is 5.92 Å².